The van der Waals surface area contributed by atoms with E-state index >= 15 is 0 Å². The molecule has 0 atom stereocenters. The van der Waals surface area contributed by atoms with Crippen molar-refractivity contribution >= 4 is 11.6 Å². The minimum atomic E-state index is -0.285. The molecule has 1 aliphatic rings. The topological polar surface area (TPSA) is 66.7 Å². The zero-order chi connectivity index (χ0) is 17.5. The van der Waals surface area contributed by atoms with Crippen molar-refractivity contribution in [1.82, 2.24) is 14.9 Å². The maximum atomic E-state index is 11.9. The predicted octanol–water partition coefficient (Wildman–Crippen LogP) is 1.62. The summed E-state index contributed by atoms with van der Waals surface area (Å²) in [6.45, 7) is 2.79. The van der Waals surface area contributed by atoms with Crippen LogP contribution in [0.25, 0.3) is 0 Å². The molecular weight excluding hydrogens is 316 g/mol. The van der Waals surface area contributed by atoms with Crippen LogP contribution in [0.2, 0.25) is 0 Å². The first-order valence-corrected chi connectivity index (χ1v) is 8.47. The molecule has 1 N–H and O–H groups in total. The summed E-state index contributed by atoms with van der Waals surface area (Å²) in [5, 5.41) is 4.23. The van der Waals surface area contributed by atoms with Gasteiger partial charge in [-0.25, -0.2) is 5.43 Å². The highest BCUT2D eigenvalue weighted by Crippen LogP contribution is 2.11. The monoisotopic (exact) mass is 338 g/mol. The molecule has 0 spiro atoms. The average Bonchev–Trinajstić information content (AvgIpc) is 2.64. The first kappa shape index (κ1) is 17.1. The van der Waals surface area contributed by atoms with Gasteiger partial charge >= 0.3 is 0 Å². The van der Waals surface area contributed by atoms with Crippen LogP contribution in [0, 0.1) is 0 Å². The summed E-state index contributed by atoms with van der Waals surface area (Å²) >= 11 is 0. The van der Waals surface area contributed by atoms with Gasteiger partial charge in [0.15, 0.2) is 0 Å². The summed E-state index contributed by atoms with van der Waals surface area (Å²) in [5.74, 6) is -0.285. The van der Waals surface area contributed by atoms with Crippen LogP contribution in [0.1, 0.15) is 18.4 Å². The number of hydrazone groups is 1. The van der Waals surface area contributed by atoms with Crippen molar-refractivity contribution in [3.05, 3.63) is 70.6 Å². The fraction of sp³-hybridized carbons (Fsp3) is 0.316. The number of benzene rings is 1. The Hall–Kier alpha value is -2.73. The molecule has 6 nitrogen and oxygen atoms in total. The van der Waals surface area contributed by atoms with E-state index in [4.69, 9.17) is 0 Å². The largest absolute Gasteiger partial charge is 0.306 e. The number of piperidine rings is 1. The first-order valence-electron chi connectivity index (χ1n) is 8.47. The summed E-state index contributed by atoms with van der Waals surface area (Å²) in [7, 11) is 0. The molecule has 0 unspecified atom stereocenters. The maximum absolute atomic E-state index is 11.9. The van der Waals surface area contributed by atoms with E-state index in [0.29, 0.717) is 0 Å². The van der Waals surface area contributed by atoms with Gasteiger partial charge < -0.3 is 4.57 Å². The molecule has 3 rings (SSSR count). The van der Waals surface area contributed by atoms with Gasteiger partial charge in [-0.2, -0.15) is 5.10 Å². The van der Waals surface area contributed by atoms with Gasteiger partial charge in [0.2, 0.25) is 0 Å². The summed E-state index contributed by atoms with van der Waals surface area (Å²) in [6, 6.07) is 15.2. The standard InChI is InChI=1S/C19H22N4O2/c24-18(15-23-11-5-4-8-19(23)25)21-20-17-9-12-22(13-10-17)14-16-6-2-1-3-7-16/h1-8,11H,9-10,12-15H2,(H,21,24). The highest BCUT2D eigenvalue weighted by Gasteiger charge is 2.15. The number of likely N-dealkylation sites (tertiary alicyclic amines) is 1. The van der Waals surface area contributed by atoms with E-state index in [2.05, 4.69) is 39.7 Å². The second kappa shape index (κ2) is 8.39. The number of amides is 1. The number of rotatable bonds is 5. The van der Waals surface area contributed by atoms with E-state index in [1.54, 1.807) is 18.3 Å². The van der Waals surface area contributed by atoms with Gasteiger partial charge in [0.25, 0.3) is 11.5 Å². The van der Waals surface area contributed by atoms with Crippen LogP contribution < -0.4 is 11.0 Å². The molecule has 0 bridgehead atoms. The van der Waals surface area contributed by atoms with Crippen molar-refractivity contribution in [1.29, 1.82) is 0 Å². The lowest BCUT2D eigenvalue weighted by Crippen LogP contribution is -2.35. The number of nitrogens with one attached hydrogen (secondary N) is 1. The normalized spacial score (nSPS) is 15.0. The molecule has 130 valence electrons. The van der Waals surface area contributed by atoms with E-state index in [-0.39, 0.29) is 18.0 Å². The summed E-state index contributed by atoms with van der Waals surface area (Å²) in [4.78, 5) is 25.9. The number of aromatic nitrogens is 1. The molecule has 6 heteroatoms. The molecule has 1 aliphatic heterocycles. The average molecular weight is 338 g/mol. The summed E-state index contributed by atoms with van der Waals surface area (Å²) in [6.07, 6.45) is 3.29. The number of carbonyl (C=O) groups is 1. The number of hydrogen-bond donors (Lipinski definition) is 1. The smallest absolute Gasteiger partial charge is 0.260 e. The van der Waals surface area contributed by atoms with Gasteiger partial charge in [0.05, 0.1) is 0 Å². The van der Waals surface area contributed by atoms with Crippen molar-refractivity contribution in [3.8, 4) is 0 Å². The molecule has 1 aromatic carbocycles. The van der Waals surface area contributed by atoms with E-state index in [0.717, 1.165) is 38.2 Å². The van der Waals surface area contributed by atoms with Gasteiger partial charge in [-0.15, -0.1) is 0 Å². The Kier molecular flexibility index (Phi) is 5.74. The fourth-order valence-electron chi connectivity index (χ4n) is 2.85. The van der Waals surface area contributed by atoms with Crippen molar-refractivity contribution in [2.24, 2.45) is 5.10 Å². The number of carbonyl (C=O) groups excluding carboxylic acids is 1. The van der Waals surface area contributed by atoms with Crippen LogP contribution in [0.3, 0.4) is 0 Å². The number of pyridine rings is 1. The van der Waals surface area contributed by atoms with Gasteiger partial charge in [-0.05, 0) is 11.6 Å². The van der Waals surface area contributed by atoms with E-state index in [9.17, 15) is 9.59 Å². The quantitative estimate of drug-likeness (QED) is 0.843. The fourth-order valence-corrected chi connectivity index (χ4v) is 2.85. The Bertz CT molecular complexity index is 788. The van der Waals surface area contributed by atoms with Crippen molar-refractivity contribution in [2.75, 3.05) is 13.1 Å². The van der Waals surface area contributed by atoms with Crippen molar-refractivity contribution in [2.45, 2.75) is 25.9 Å². The summed E-state index contributed by atoms with van der Waals surface area (Å²) < 4.78 is 1.36. The van der Waals surface area contributed by atoms with Crippen LogP contribution >= 0.6 is 0 Å². The highest BCUT2D eigenvalue weighted by atomic mass is 16.2. The lowest BCUT2D eigenvalue weighted by atomic mass is 10.1. The zero-order valence-electron chi connectivity index (χ0n) is 14.1. The Morgan fingerprint density at radius 3 is 2.48 bits per heavy atom. The van der Waals surface area contributed by atoms with E-state index < -0.39 is 0 Å². The molecule has 0 saturated carbocycles. The number of hydrogen-bond acceptors (Lipinski definition) is 4. The van der Waals surface area contributed by atoms with Gasteiger partial charge in [0, 0.05) is 50.5 Å². The SMILES string of the molecule is O=C(Cn1ccccc1=O)NN=C1CCN(Cc2ccccc2)CC1. The lowest BCUT2D eigenvalue weighted by molar-refractivity contribution is -0.121. The molecule has 0 aliphatic carbocycles. The number of nitrogens with zero attached hydrogens (tertiary/aromatic N) is 3. The second-order valence-electron chi connectivity index (χ2n) is 6.14. The summed E-state index contributed by atoms with van der Waals surface area (Å²) in [5.41, 5.74) is 4.68. The van der Waals surface area contributed by atoms with Crippen LogP contribution in [-0.4, -0.2) is 34.2 Å². The molecular formula is C19H22N4O2. The van der Waals surface area contributed by atoms with Crippen LogP contribution in [-0.2, 0) is 17.9 Å². The molecule has 2 aromatic rings. The van der Waals surface area contributed by atoms with Gasteiger partial charge in [0.1, 0.15) is 6.54 Å². The van der Waals surface area contributed by atoms with E-state index in [1.807, 2.05) is 6.07 Å². The Morgan fingerprint density at radius 1 is 1.04 bits per heavy atom. The van der Waals surface area contributed by atoms with Crippen molar-refractivity contribution in [3.63, 3.8) is 0 Å². The van der Waals surface area contributed by atoms with Crippen LogP contribution in [0.4, 0.5) is 0 Å². The van der Waals surface area contributed by atoms with E-state index in [1.165, 1.54) is 16.2 Å². The minimum absolute atomic E-state index is 0.0173. The third-order valence-corrected chi connectivity index (χ3v) is 4.23. The van der Waals surface area contributed by atoms with Gasteiger partial charge in [-0.1, -0.05) is 36.4 Å². The van der Waals surface area contributed by atoms with Gasteiger partial charge in [-0.3, -0.25) is 14.5 Å². The van der Waals surface area contributed by atoms with Crippen LogP contribution in [0.15, 0.2) is 64.6 Å². The molecule has 1 amide bonds. The molecule has 1 fully saturated rings. The predicted molar refractivity (Wildman–Crippen MR) is 97.2 cm³/mol. The Balaban J connectivity index is 1.45. The highest BCUT2D eigenvalue weighted by molar-refractivity contribution is 5.87. The Morgan fingerprint density at radius 2 is 1.76 bits per heavy atom. The molecule has 1 aromatic heterocycles. The molecule has 0 radical (unpaired) electrons. The third-order valence-electron chi connectivity index (χ3n) is 4.23. The third kappa shape index (κ3) is 5.12. The first-order chi connectivity index (χ1) is 12.2. The zero-order valence-corrected chi connectivity index (χ0v) is 14.1. The van der Waals surface area contributed by atoms with Crippen LogP contribution in [0.5, 0.6) is 0 Å². The lowest BCUT2D eigenvalue weighted by Gasteiger charge is -2.27. The molecule has 2 heterocycles. The minimum Gasteiger partial charge on any atom is -0.306 e. The maximum Gasteiger partial charge on any atom is 0.260 e. The molecule has 25 heavy (non-hydrogen) atoms. The molecule has 1 saturated heterocycles. The second-order valence-corrected chi connectivity index (χ2v) is 6.14. The Labute approximate surface area is 146 Å². The van der Waals surface area contributed by atoms with Crippen molar-refractivity contribution < 1.29 is 4.79 Å².